The number of carbonyl (C=O) groups is 1. The zero-order valence-electron chi connectivity index (χ0n) is 11.5. The lowest BCUT2D eigenvalue weighted by atomic mass is 10.2. The van der Waals surface area contributed by atoms with Crippen LogP contribution in [0, 0.1) is 0 Å². The van der Waals surface area contributed by atoms with Gasteiger partial charge in [0.25, 0.3) is 0 Å². The summed E-state index contributed by atoms with van der Waals surface area (Å²) < 4.78 is 10.5. The van der Waals surface area contributed by atoms with Crippen LogP contribution in [0.2, 0.25) is 0 Å². The average molecular weight is 268 g/mol. The van der Waals surface area contributed by atoms with Crippen LogP contribution >= 0.6 is 0 Å². The molecule has 106 valence electrons. The van der Waals surface area contributed by atoms with E-state index in [-0.39, 0.29) is 18.7 Å². The maximum Gasteiger partial charge on any atom is 0.410 e. The molecule has 0 aliphatic carbocycles. The summed E-state index contributed by atoms with van der Waals surface area (Å²) in [4.78, 5) is 17.9. The Hall–Kier alpha value is -1.63. The first-order valence-corrected chi connectivity index (χ1v) is 6.43. The Kier molecular flexibility index (Phi) is 3.75. The third-order valence-corrected chi connectivity index (χ3v) is 2.83. The molecule has 1 aromatic heterocycles. The van der Waals surface area contributed by atoms with E-state index in [0.717, 1.165) is 12.8 Å². The van der Waals surface area contributed by atoms with Crippen molar-refractivity contribution in [1.29, 1.82) is 0 Å². The summed E-state index contributed by atoms with van der Waals surface area (Å²) in [5.74, 6) is 0.884. The van der Waals surface area contributed by atoms with Gasteiger partial charge in [0.15, 0.2) is 5.82 Å². The number of amides is 1. The number of carbonyl (C=O) groups excluding carboxylic acids is 1. The summed E-state index contributed by atoms with van der Waals surface area (Å²) in [5, 5.41) is 3.76. The van der Waals surface area contributed by atoms with Gasteiger partial charge in [0.1, 0.15) is 11.6 Å². The second kappa shape index (κ2) is 5.16. The fraction of sp³-hybridized carbons (Fsp3) is 0.750. The fourth-order valence-corrected chi connectivity index (χ4v) is 2.05. The predicted molar refractivity (Wildman–Crippen MR) is 67.1 cm³/mol. The summed E-state index contributed by atoms with van der Waals surface area (Å²) in [6.07, 6.45) is 1.35. The average Bonchev–Trinajstić information content (AvgIpc) is 2.95. The lowest BCUT2D eigenvalue weighted by molar-refractivity contribution is 0.0199. The Morgan fingerprint density at radius 1 is 1.58 bits per heavy atom. The second-order valence-electron chi connectivity index (χ2n) is 5.58. The first kappa shape index (κ1) is 13.8. The predicted octanol–water partition coefficient (Wildman–Crippen LogP) is 1.60. The third kappa shape index (κ3) is 3.23. The second-order valence-corrected chi connectivity index (χ2v) is 5.58. The minimum Gasteiger partial charge on any atom is -0.444 e. The number of nitrogens with zero attached hydrogens (tertiary/aromatic N) is 3. The van der Waals surface area contributed by atoms with Crippen molar-refractivity contribution < 1.29 is 14.1 Å². The molecule has 7 heteroatoms. The quantitative estimate of drug-likeness (QED) is 0.875. The normalized spacial score (nSPS) is 19.8. The highest BCUT2D eigenvalue weighted by molar-refractivity contribution is 5.69. The Morgan fingerprint density at radius 2 is 2.32 bits per heavy atom. The number of rotatable bonds is 2. The molecule has 0 spiro atoms. The number of aromatic nitrogens is 2. The van der Waals surface area contributed by atoms with Crippen molar-refractivity contribution in [2.24, 2.45) is 5.73 Å². The standard InChI is InChI=1S/C12H20N4O3/c1-12(2,3)18-11(17)16-6-4-5-8(16)10-14-9(7-13)15-19-10/h8H,4-7,13H2,1-3H3. The highest BCUT2D eigenvalue weighted by atomic mass is 16.6. The molecule has 0 saturated carbocycles. The van der Waals surface area contributed by atoms with E-state index in [1.54, 1.807) is 4.90 Å². The Bertz CT molecular complexity index is 452. The van der Waals surface area contributed by atoms with Crippen LogP contribution in [0.15, 0.2) is 4.52 Å². The van der Waals surface area contributed by atoms with Gasteiger partial charge in [-0.1, -0.05) is 5.16 Å². The van der Waals surface area contributed by atoms with E-state index in [0.29, 0.717) is 18.3 Å². The van der Waals surface area contributed by atoms with Gasteiger partial charge in [0.2, 0.25) is 5.89 Å². The number of nitrogens with two attached hydrogens (primary N) is 1. The van der Waals surface area contributed by atoms with Crippen LogP contribution in [0.5, 0.6) is 0 Å². The molecule has 1 atom stereocenters. The number of likely N-dealkylation sites (tertiary alicyclic amines) is 1. The largest absolute Gasteiger partial charge is 0.444 e. The van der Waals surface area contributed by atoms with E-state index in [2.05, 4.69) is 10.1 Å². The van der Waals surface area contributed by atoms with Crippen LogP contribution in [0.25, 0.3) is 0 Å². The maximum absolute atomic E-state index is 12.1. The molecule has 1 aliphatic heterocycles. The molecule has 1 saturated heterocycles. The van der Waals surface area contributed by atoms with Gasteiger partial charge in [-0.3, -0.25) is 4.90 Å². The molecule has 2 heterocycles. The fourth-order valence-electron chi connectivity index (χ4n) is 2.05. The number of hydrogen-bond donors (Lipinski definition) is 1. The minimum absolute atomic E-state index is 0.206. The third-order valence-electron chi connectivity index (χ3n) is 2.83. The van der Waals surface area contributed by atoms with E-state index < -0.39 is 5.60 Å². The van der Waals surface area contributed by atoms with Gasteiger partial charge in [0.05, 0.1) is 6.54 Å². The zero-order valence-corrected chi connectivity index (χ0v) is 11.5. The molecule has 1 aliphatic rings. The Balaban J connectivity index is 2.10. The van der Waals surface area contributed by atoms with Crippen LogP contribution in [0.3, 0.4) is 0 Å². The molecule has 2 rings (SSSR count). The molecule has 19 heavy (non-hydrogen) atoms. The molecule has 1 aromatic rings. The molecular formula is C12H20N4O3. The van der Waals surface area contributed by atoms with Crippen molar-refractivity contribution >= 4 is 6.09 Å². The van der Waals surface area contributed by atoms with Crippen molar-refractivity contribution in [3.8, 4) is 0 Å². The highest BCUT2D eigenvalue weighted by Gasteiger charge is 2.36. The highest BCUT2D eigenvalue weighted by Crippen LogP contribution is 2.32. The number of ether oxygens (including phenoxy) is 1. The Morgan fingerprint density at radius 3 is 2.89 bits per heavy atom. The van der Waals surface area contributed by atoms with Crippen molar-refractivity contribution in [2.45, 2.75) is 51.8 Å². The summed E-state index contributed by atoms with van der Waals surface area (Å²) in [7, 11) is 0. The number of hydrogen-bond acceptors (Lipinski definition) is 6. The minimum atomic E-state index is -0.512. The summed E-state index contributed by atoms with van der Waals surface area (Å²) in [6.45, 7) is 6.39. The molecule has 7 nitrogen and oxygen atoms in total. The lowest BCUT2D eigenvalue weighted by Gasteiger charge is -2.26. The topological polar surface area (TPSA) is 94.5 Å². The summed E-state index contributed by atoms with van der Waals surface area (Å²) in [5.41, 5.74) is 4.94. The van der Waals surface area contributed by atoms with E-state index in [9.17, 15) is 4.79 Å². The summed E-state index contributed by atoms with van der Waals surface area (Å²) in [6, 6.07) is -0.206. The molecule has 2 N–H and O–H groups in total. The van der Waals surface area contributed by atoms with E-state index in [1.807, 2.05) is 20.8 Å². The SMILES string of the molecule is CC(C)(C)OC(=O)N1CCCC1c1nc(CN)no1. The van der Waals surface area contributed by atoms with Crippen LogP contribution < -0.4 is 5.73 Å². The van der Waals surface area contributed by atoms with Crippen LogP contribution in [-0.4, -0.2) is 33.3 Å². The van der Waals surface area contributed by atoms with Crippen molar-refractivity contribution in [3.05, 3.63) is 11.7 Å². The van der Waals surface area contributed by atoms with Gasteiger partial charge >= 0.3 is 6.09 Å². The monoisotopic (exact) mass is 268 g/mol. The molecule has 0 aromatic carbocycles. The van der Waals surface area contributed by atoms with Crippen LogP contribution in [-0.2, 0) is 11.3 Å². The zero-order chi connectivity index (χ0) is 14.0. The molecular weight excluding hydrogens is 248 g/mol. The van der Waals surface area contributed by atoms with E-state index in [4.69, 9.17) is 15.0 Å². The Labute approximate surface area is 112 Å². The van der Waals surface area contributed by atoms with Gasteiger partial charge in [0, 0.05) is 6.54 Å². The molecule has 1 fully saturated rings. The van der Waals surface area contributed by atoms with Crippen LogP contribution in [0.4, 0.5) is 4.79 Å². The first-order valence-electron chi connectivity index (χ1n) is 6.43. The maximum atomic E-state index is 12.1. The van der Waals surface area contributed by atoms with E-state index >= 15 is 0 Å². The van der Waals surface area contributed by atoms with Crippen molar-refractivity contribution in [3.63, 3.8) is 0 Å². The van der Waals surface area contributed by atoms with Gasteiger partial charge in [-0.15, -0.1) is 0 Å². The van der Waals surface area contributed by atoms with Gasteiger partial charge in [-0.05, 0) is 33.6 Å². The molecule has 0 radical (unpaired) electrons. The smallest absolute Gasteiger partial charge is 0.410 e. The van der Waals surface area contributed by atoms with Gasteiger partial charge < -0.3 is 15.0 Å². The van der Waals surface area contributed by atoms with E-state index in [1.165, 1.54) is 0 Å². The summed E-state index contributed by atoms with van der Waals surface area (Å²) >= 11 is 0. The first-order chi connectivity index (χ1) is 8.90. The molecule has 1 unspecified atom stereocenters. The van der Waals surface area contributed by atoms with Crippen molar-refractivity contribution in [1.82, 2.24) is 15.0 Å². The lowest BCUT2D eigenvalue weighted by Crippen LogP contribution is -2.36. The van der Waals surface area contributed by atoms with Gasteiger partial charge in [-0.2, -0.15) is 4.98 Å². The van der Waals surface area contributed by atoms with Crippen molar-refractivity contribution in [2.75, 3.05) is 6.54 Å². The van der Waals surface area contributed by atoms with Crippen LogP contribution in [0.1, 0.15) is 51.4 Å². The van der Waals surface area contributed by atoms with Gasteiger partial charge in [-0.25, -0.2) is 4.79 Å². The molecule has 1 amide bonds. The molecule has 0 bridgehead atoms.